The van der Waals surface area contributed by atoms with E-state index in [0.29, 0.717) is 18.8 Å². The first-order valence-electron chi connectivity index (χ1n) is 5.93. The molecule has 102 valence electrons. The fraction of sp³-hybridized carbons (Fsp3) is 0.417. The molecule has 0 aliphatic carbocycles. The molecule has 19 heavy (non-hydrogen) atoms. The van der Waals surface area contributed by atoms with E-state index < -0.39 is 10.7 Å². The molecule has 1 aliphatic rings. The van der Waals surface area contributed by atoms with E-state index in [-0.39, 0.29) is 17.6 Å². The van der Waals surface area contributed by atoms with Gasteiger partial charge >= 0.3 is 0 Å². The second kappa shape index (κ2) is 5.21. The van der Waals surface area contributed by atoms with E-state index in [0.717, 1.165) is 12.5 Å². The van der Waals surface area contributed by atoms with Crippen LogP contribution in [0.2, 0.25) is 0 Å². The molecule has 1 saturated heterocycles. The summed E-state index contributed by atoms with van der Waals surface area (Å²) < 4.78 is 13.3. The molecule has 7 heteroatoms. The van der Waals surface area contributed by atoms with Crippen molar-refractivity contribution >= 4 is 17.3 Å². The van der Waals surface area contributed by atoms with E-state index >= 15 is 0 Å². The Morgan fingerprint density at radius 2 is 2.26 bits per heavy atom. The van der Waals surface area contributed by atoms with Gasteiger partial charge in [0, 0.05) is 37.8 Å². The number of non-ortho nitro benzene ring substituents is 1. The first-order chi connectivity index (χ1) is 8.95. The minimum Gasteiger partial charge on any atom is -0.369 e. The number of carbonyl (C=O) groups excluding carboxylic acids is 1. The van der Waals surface area contributed by atoms with Crippen molar-refractivity contribution in [3.63, 3.8) is 0 Å². The monoisotopic (exact) mass is 267 g/mol. The first kappa shape index (κ1) is 13.3. The van der Waals surface area contributed by atoms with Crippen molar-refractivity contribution in [1.82, 2.24) is 5.32 Å². The Bertz CT molecular complexity index is 521. The number of hydrogen-bond donors (Lipinski definition) is 1. The molecule has 0 bridgehead atoms. The summed E-state index contributed by atoms with van der Waals surface area (Å²) in [4.78, 5) is 22.9. The van der Waals surface area contributed by atoms with Gasteiger partial charge in [-0.15, -0.1) is 0 Å². The van der Waals surface area contributed by atoms with Crippen LogP contribution in [0.3, 0.4) is 0 Å². The number of carbonyl (C=O) groups is 1. The van der Waals surface area contributed by atoms with Crippen LogP contribution in [0.5, 0.6) is 0 Å². The highest BCUT2D eigenvalue weighted by atomic mass is 19.1. The molecule has 1 fully saturated rings. The number of nitrogens with one attached hydrogen (secondary N) is 1. The number of nitro benzene ring substituents is 1. The van der Waals surface area contributed by atoms with E-state index in [1.165, 1.54) is 19.1 Å². The molecule has 1 heterocycles. The van der Waals surface area contributed by atoms with Crippen LogP contribution in [-0.2, 0) is 4.79 Å². The summed E-state index contributed by atoms with van der Waals surface area (Å²) in [6.45, 7) is 2.60. The number of anilines is 1. The predicted molar refractivity (Wildman–Crippen MR) is 67.5 cm³/mol. The van der Waals surface area contributed by atoms with Crippen molar-refractivity contribution in [2.75, 3.05) is 18.0 Å². The van der Waals surface area contributed by atoms with Gasteiger partial charge in [-0.05, 0) is 12.5 Å². The third-order valence-electron chi connectivity index (χ3n) is 3.04. The molecule has 1 N–H and O–H groups in total. The maximum atomic E-state index is 13.3. The number of nitro groups is 1. The fourth-order valence-corrected chi connectivity index (χ4v) is 2.25. The number of benzene rings is 1. The van der Waals surface area contributed by atoms with Gasteiger partial charge in [-0.3, -0.25) is 14.9 Å². The molecule has 0 saturated carbocycles. The summed E-state index contributed by atoms with van der Waals surface area (Å²) in [5.74, 6) is -0.746. The van der Waals surface area contributed by atoms with Crippen molar-refractivity contribution in [2.45, 2.75) is 19.4 Å². The minimum atomic E-state index is -0.632. The summed E-state index contributed by atoms with van der Waals surface area (Å²) >= 11 is 0. The normalized spacial score (nSPS) is 18.4. The first-order valence-corrected chi connectivity index (χ1v) is 5.93. The van der Waals surface area contributed by atoms with Crippen LogP contribution < -0.4 is 10.2 Å². The van der Waals surface area contributed by atoms with E-state index in [4.69, 9.17) is 0 Å². The van der Waals surface area contributed by atoms with Crippen LogP contribution >= 0.6 is 0 Å². The van der Waals surface area contributed by atoms with Gasteiger partial charge in [-0.25, -0.2) is 4.39 Å². The molecule has 1 amide bonds. The molecule has 1 unspecified atom stereocenters. The highest BCUT2D eigenvalue weighted by molar-refractivity contribution is 5.73. The summed E-state index contributed by atoms with van der Waals surface area (Å²) in [5.41, 5.74) is 0.206. The quantitative estimate of drug-likeness (QED) is 0.664. The standard InChI is InChI=1S/C12H14FN3O3/c1-8(17)14-10-2-3-15(7-10)11-4-9(13)5-12(6-11)16(18)19/h4-6,10H,2-3,7H2,1H3,(H,14,17). The van der Waals surface area contributed by atoms with Crippen LogP contribution in [0.4, 0.5) is 15.8 Å². The number of nitrogens with zero attached hydrogens (tertiary/aromatic N) is 2. The van der Waals surface area contributed by atoms with Gasteiger partial charge in [0.15, 0.2) is 0 Å². The largest absolute Gasteiger partial charge is 0.369 e. The van der Waals surface area contributed by atoms with Crippen LogP contribution in [0.15, 0.2) is 18.2 Å². The summed E-state index contributed by atoms with van der Waals surface area (Å²) in [7, 11) is 0. The third-order valence-corrected chi connectivity index (χ3v) is 3.04. The van der Waals surface area contributed by atoms with Gasteiger partial charge in [-0.1, -0.05) is 0 Å². The van der Waals surface area contributed by atoms with Crippen molar-refractivity contribution < 1.29 is 14.1 Å². The second-order valence-corrected chi connectivity index (χ2v) is 4.56. The average Bonchev–Trinajstić information content (AvgIpc) is 2.75. The van der Waals surface area contributed by atoms with Crippen molar-refractivity contribution in [3.05, 3.63) is 34.1 Å². The molecular formula is C12H14FN3O3. The summed E-state index contributed by atoms with van der Waals surface area (Å²) in [5, 5.41) is 13.5. The lowest BCUT2D eigenvalue weighted by Gasteiger charge is -2.18. The maximum absolute atomic E-state index is 13.3. The third kappa shape index (κ3) is 3.18. The molecule has 6 nitrogen and oxygen atoms in total. The van der Waals surface area contributed by atoms with Gasteiger partial charge in [0.1, 0.15) is 5.82 Å². The van der Waals surface area contributed by atoms with Crippen molar-refractivity contribution in [3.8, 4) is 0 Å². The van der Waals surface area contributed by atoms with E-state index in [1.54, 1.807) is 0 Å². The van der Waals surface area contributed by atoms with E-state index in [2.05, 4.69) is 5.32 Å². The van der Waals surface area contributed by atoms with Gasteiger partial charge in [0.2, 0.25) is 5.91 Å². The number of rotatable bonds is 3. The molecule has 1 aromatic rings. The summed E-state index contributed by atoms with van der Waals surface area (Å²) in [6.07, 6.45) is 0.740. The maximum Gasteiger partial charge on any atom is 0.274 e. The van der Waals surface area contributed by atoms with Gasteiger partial charge < -0.3 is 10.2 Å². The minimum absolute atomic E-state index is 0.000163. The molecule has 2 rings (SSSR count). The number of halogens is 1. The molecule has 1 aromatic carbocycles. The zero-order chi connectivity index (χ0) is 14.0. The Balaban J connectivity index is 2.15. The molecule has 0 spiro atoms. The van der Waals surface area contributed by atoms with Gasteiger partial charge in [0.05, 0.1) is 11.0 Å². The number of amides is 1. The Morgan fingerprint density at radius 1 is 1.53 bits per heavy atom. The molecular weight excluding hydrogens is 253 g/mol. The molecule has 1 atom stereocenters. The van der Waals surface area contributed by atoms with Crippen LogP contribution in [0, 0.1) is 15.9 Å². The lowest BCUT2D eigenvalue weighted by atomic mass is 10.2. The summed E-state index contributed by atoms with van der Waals surface area (Å²) in [6, 6.07) is 3.51. The zero-order valence-corrected chi connectivity index (χ0v) is 10.4. The lowest BCUT2D eigenvalue weighted by Crippen LogP contribution is -2.35. The van der Waals surface area contributed by atoms with Gasteiger partial charge in [0.25, 0.3) is 5.69 Å². The van der Waals surface area contributed by atoms with E-state index in [1.807, 2.05) is 4.90 Å². The molecule has 0 aromatic heterocycles. The van der Waals surface area contributed by atoms with Crippen molar-refractivity contribution in [2.24, 2.45) is 0 Å². The van der Waals surface area contributed by atoms with Crippen LogP contribution in [0.1, 0.15) is 13.3 Å². The van der Waals surface area contributed by atoms with Crippen LogP contribution in [0.25, 0.3) is 0 Å². The average molecular weight is 267 g/mol. The van der Waals surface area contributed by atoms with Gasteiger partial charge in [-0.2, -0.15) is 0 Å². The molecule has 0 radical (unpaired) electrons. The van der Waals surface area contributed by atoms with Crippen molar-refractivity contribution in [1.29, 1.82) is 0 Å². The Morgan fingerprint density at radius 3 is 2.89 bits per heavy atom. The zero-order valence-electron chi connectivity index (χ0n) is 10.4. The second-order valence-electron chi connectivity index (χ2n) is 4.56. The molecule has 1 aliphatic heterocycles. The Kier molecular flexibility index (Phi) is 3.64. The predicted octanol–water partition coefficient (Wildman–Crippen LogP) is 1.45. The Labute approximate surface area is 109 Å². The SMILES string of the molecule is CC(=O)NC1CCN(c2cc(F)cc([N+](=O)[O-])c2)C1. The topological polar surface area (TPSA) is 75.5 Å². The number of hydrogen-bond acceptors (Lipinski definition) is 4. The fourth-order valence-electron chi connectivity index (χ4n) is 2.25. The highest BCUT2D eigenvalue weighted by Gasteiger charge is 2.24. The van der Waals surface area contributed by atoms with E-state index in [9.17, 15) is 19.3 Å². The van der Waals surface area contributed by atoms with Crippen LogP contribution in [-0.4, -0.2) is 30.0 Å². The smallest absolute Gasteiger partial charge is 0.274 e. The lowest BCUT2D eigenvalue weighted by molar-refractivity contribution is -0.385. The Hall–Kier alpha value is -2.18. The highest BCUT2D eigenvalue weighted by Crippen LogP contribution is 2.26.